The van der Waals surface area contributed by atoms with E-state index in [9.17, 15) is 4.79 Å². The van der Waals surface area contributed by atoms with E-state index in [1.807, 2.05) is 0 Å². The molecule has 2 aliphatic heterocycles. The zero-order chi connectivity index (χ0) is 11.6. The molecule has 0 aromatic rings. The lowest BCUT2D eigenvalue weighted by Crippen LogP contribution is -2.42. The number of alkyl halides is 1. The van der Waals surface area contributed by atoms with Crippen LogP contribution in [-0.2, 0) is 9.53 Å². The highest BCUT2D eigenvalue weighted by atomic mass is 79.9. The summed E-state index contributed by atoms with van der Waals surface area (Å²) in [6, 6.07) is 0. The van der Waals surface area contributed by atoms with E-state index in [4.69, 9.17) is 4.74 Å². The van der Waals surface area contributed by atoms with Crippen LogP contribution in [0.1, 0.15) is 32.6 Å². The van der Waals surface area contributed by atoms with E-state index >= 15 is 0 Å². The number of ether oxygens (including phenoxy) is 1. The minimum atomic E-state index is -0.140. The molecule has 0 aliphatic carbocycles. The molecule has 1 atom stereocenters. The van der Waals surface area contributed by atoms with Gasteiger partial charge in [0.2, 0.25) is 0 Å². The first-order valence-corrected chi connectivity index (χ1v) is 7.32. The summed E-state index contributed by atoms with van der Waals surface area (Å²) < 4.78 is 5.48. The zero-order valence-corrected chi connectivity index (χ0v) is 11.5. The Morgan fingerprint density at radius 3 is 2.75 bits per heavy atom. The quantitative estimate of drug-likeness (QED) is 0.589. The third-order valence-corrected chi connectivity index (χ3v) is 4.47. The van der Waals surface area contributed by atoms with Crippen molar-refractivity contribution in [2.24, 2.45) is 5.41 Å². The molecule has 0 amide bonds. The summed E-state index contributed by atoms with van der Waals surface area (Å²) in [7, 11) is 0. The van der Waals surface area contributed by atoms with E-state index in [-0.39, 0.29) is 17.5 Å². The van der Waals surface area contributed by atoms with Gasteiger partial charge in [-0.2, -0.15) is 0 Å². The van der Waals surface area contributed by atoms with Gasteiger partial charge in [-0.15, -0.1) is 0 Å². The monoisotopic (exact) mass is 289 g/mol. The van der Waals surface area contributed by atoms with Crippen LogP contribution in [0.3, 0.4) is 0 Å². The summed E-state index contributed by atoms with van der Waals surface area (Å²) in [6.45, 7) is 5.37. The second kappa shape index (κ2) is 5.05. The molecule has 0 aromatic carbocycles. The molecule has 2 fully saturated rings. The Morgan fingerprint density at radius 1 is 1.50 bits per heavy atom. The van der Waals surface area contributed by atoms with Crippen molar-refractivity contribution >= 4 is 21.9 Å². The molecule has 2 heterocycles. The van der Waals surface area contributed by atoms with E-state index < -0.39 is 0 Å². The van der Waals surface area contributed by atoms with Crippen LogP contribution in [0.25, 0.3) is 0 Å². The average molecular weight is 290 g/mol. The molecular formula is C12H20BrNO2. The van der Waals surface area contributed by atoms with Crippen LogP contribution < -0.4 is 0 Å². The molecule has 2 aliphatic rings. The summed E-state index contributed by atoms with van der Waals surface area (Å²) in [5.74, 6) is 0.0641. The summed E-state index contributed by atoms with van der Waals surface area (Å²) in [5, 5.41) is 0.919. The Balaban J connectivity index is 1.96. The number of hydrogen-bond donors (Lipinski definition) is 0. The first-order chi connectivity index (χ1) is 7.70. The third kappa shape index (κ3) is 2.28. The molecule has 16 heavy (non-hydrogen) atoms. The van der Waals surface area contributed by atoms with E-state index in [1.54, 1.807) is 0 Å². The van der Waals surface area contributed by atoms with Gasteiger partial charge in [0, 0.05) is 11.8 Å². The van der Waals surface area contributed by atoms with Gasteiger partial charge >= 0.3 is 5.97 Å². The van der Waals surface area contributed by atoms with Gasteiger partial charge in [0.15, 0.2) is 0 Å². The highest BCUT2D eigenvalue weighted by molar-refractivity contribution is 9.09. The highest BCUT2D eigenvalue weighted by Crippen LogP contribution is 2.43. The minimum absolute atomic E-state index is 0.0641. The van der Waals surface area contributed by atoms with Gasteiger partial charge in [-0.3, -0.25) is 4.79 Å². The van der Waals surface area contributed by atoms with Gasteiger partial charge in [-0.25, -0.2) is 0 Å². The van der Waals surface area contributed by atoms with Crippen molar-refractivity contribution in [2.75, 3.05) is 25.0 Å². The lowest BCUT2D eigenvalue weighted by atomic mass is 9.76. The number of likely N-dealkylation sites (tertiary alicyclic amines) is 1. The molecule has 92 valence electrons. The first kappa shape index (κ1) is 12.4. The van der Waals surface area contributed by atoms with E-state index in [0.29, 0.717) is 0 Å². The van der Waals surface area contributed by atoms with Crippen molar-refractivity contribution in [3.05, 3.63) is 0 Å². The van der Waals surface area contributed by atoms with Crippen molar-refractivity contribution in [1.29, 1.82) is 0 Å². The minimum Gasteiger partial charge on any atom is -0.462 e. The van der Waals surface area contributed by atoms with Crippen LogP contribution >= 0.6 is 15.9 Å². The van der Waals surface area contributed by atoms with Crippen molar-refractivity contribution in [3.8, 4) is 0 Å². The molecule has 2 saturated heterocycles. The van der Waals surface area contributed by atoms with Gasteiger partial charge < -0.3 is 9.64 Å². The van der Waals surface area contributed by atoms with Crippen LogP contribution in [0, 0.1) is 5.41 Å². The lowest BCUT2D eigenvalue weighted by Gasteiger charge is -2.35. The van der Waals surface area contributed by atoms with Gasteiger partial charge in [0.05, 0.1) is 5.41 Å². The smallest absolute Gasteiger partial charge is 0.312 e. The number of piperidine rings is 1. The number of carbonyl (C=O) groups excluding carboxylic acids is 1. The van der Waals surface area contributed by atoms with E-state index in [0.717, 1.165) is 50.6 Å². The molecule has 3 nitrogen and oxygen atoms in total. The van der Waals surface area contributed by atoms with Crippen LogP contribution in [-0.4, -0.2) is 41.9 Å². The molecule has 0 bridgehead atoms. The average Bonchev–Trinajstić information content (AvgIpc) is 2.57. The van der Waals surface area contributed by atoms with Crippen LogP contribution in [0.2, 0.25) is 0 Å². The Labute approximate surface area is 106 Å². The molecule has 0 N–H and O–H groups in total. The first-order valence-electron chi connectivity index (χ1n) is 6.19. The second-order valence-corrected chi connectivity index (χ2v) is 5.72. The van der Waals surface area contributed by atoms with Crippen LogP contribution in [0.15, 0.2) is 0 Å². The largest absolute Gasteiger partial charge is 0.462 e. The van der Waals surface area contributed by atoms with Gasteiger partial charge in [0.25, 0.3) is 0 Å². The zero-order valence-electron chi connectivity index (χ0n) is 9.88. The maximum atomic E-state index is 12.0. The molecule has 0 radical (unpaired) electrons. The maximum absolute atomic E-state index is 12.0. The lowest BCUT2D eigenvalue weighted by molar-refractivity contribution is -0.150. The SMILES string of the molecule is CCN1CCC2(CC1)CC(CCBr)OC2=O. The third-order valence-electron chi connectivity index (χ3n) is 4.02. The number of esters is 1. The van der Waals surface area contributed by atoms with Gasteiger partial charge in [0.1, 0.15) is 6.10 Å². The normalized spacial score (nSPS) is 29.6. The summed E-state index contributed by atoms with van der Waals surface area (Å²) in [6.07, 6.45) is 4.01. The predicted octanol–water partition coefficient (Wildman–Crippen LogP) is 2.19. The van der Waals surface area contributed by atoms with Gasteiger partial charge in [-0.1, -0.05) is 22.9 Å². The molecule has 1 spiro atoms. The number of cyclic esters (lactones) is 1. The Hall–Kier alpha value is -0.0900. The summed E-state index contributed by atoms with van der Waals surface area (Å²) >= 11 is 3.41. The molecule has 0 saturated carbocycles. The van der Waals surface area contributed by atoms with Crippen molar-refractivity contribution < 1.29 is 9.53 Å². The van der Waals surface area contributed by atoms with Crippen LogP contribution in [0.5, 0.6) is 0 Å². The molecular weight excluding hydrogens is 270 g/mol. The Bertz CT molecular complexity index is 262. The second-order valence-electron chi connectivity index (χ2n) is 4.92. The van der Waals surface area contributed by atoms with Crippen molar-refractivity contribution in [3.63, 3.8) is 0 Å². The molecule has 1 unspecified atom stereocenters. The molecule has 4 heteroatoms. The topological polar surface area (TPSA) is 29.5 Å². The Kier molecular flexibility index (Phi) is 3.90. The summed E-state index contributed by atoms with van der Waals surface area (Å²) in [4.78, 5) is 14.4. The van der Waals surface area contributed by atoms with Crippen LogP contribution in [0.4, 0.5) is 0 Å². The Morgan fingerprint density at radius 2 is 2.19 bits per heavy atom. The van der Waals surface area contributed by atoms with E-state index in [2.05, 4.69) is 27.8 Å². The maximum Gasteiger partial charge on any atom is 0.312 e. The number of carbonyl (C=O) groups is 1. The predicted molar refractivity (Wildman–Crippen MR) is 66.7 cm³/mol. The van der Waals surface area contributed by atoms with Crippen molar-refractivity contribution in [1.82, 2.24) is 4.90 Å². The number of halogens is 1. The van der Waals surface area contributed by atoms with E-state index in [1.165, 1.54) is 0 Å². The van der Waals surface area contributed by atoms with Crippen molar-refractivity contribution in [2.45, 2.75) is 38.7 Å². The fourth-order valence-electron chi connectivity index (χ4n) is 2.83. The highest BCUT2D eigenvalue weighted by Gasteiger charge is 2.49. The van der Waals surface area contributed by atoms with Gasteiger partial charge in [-0.05, 0) is 38.9 Å². The molecule has 2 rings (SSSR count). The fraction of sp³-hybridized carbons (Fsp3) is 0.917. The number of nitrogens with zero attached hydrogens (tertiary/aromatic N) is 1. The number of rotatable bonds is 3. The summed E-state index contributed by atoms with van der Waals surface area (Å²) in [5.41, 5.74) is -0.140. The molecule has 0 aromatic heterocycles. The fourth-order valence-corrected chi connectivity index (χ4v) is 3.34. The number of hydrogen-bond acceptors (Lipinski definition) is 3. The standard InChI is InChI=1S/C12H20BrNO2/c1-2-14-7-4-12(5-8-14)9-10(3-6-13)16-11(12)15/h10H,2-9H2,1H3.